The number of rotatable bonds is 5. The number of carbonyl (C=O) groups is 1. The Kier molecular flexibility index (Phi) is 4.42. The zero-order valence-corrected chi connectivity index (χ0v) is 12.2. The summed E-state index contributed by atoms with van der Waals surface area (Å²) < 4.78 is 18.2. The van der Waals surface area contributed by atoms with E-state index in [4.69, 9.17) is 4.42 Å². The van der Waals surface area contributed by atoms with Crippen molar-refractivity contribution >= 4 is 11.9 Å². The normalized spacial score (nSPS) is 10.5. The van der Waals surface area contributed by atoms with Crippen molar-refractivity contribution in [2.24, 2.45) is 0 Å². The fourth-order valence-electron chi connectivity index (χ4n) is 2.10. The molecule has 0 saturated heterocycles. The van der Waals surface area contributed by atoms with Crippen LogP contribution in [0.5, 0.6) is 0 Å². The van der Waals surface area contributed by atoms with Crippen molar-refractivity contribution in [1.82, 2.24) is 10.2 Å². The Morgan fingerprint density at radius 1 is 1.00 bits per heavy atom. The van der Waals surface area contributed by atoms with E-state index in [9.17, 15) is 9.18 Å². The molecule has 0 aliphatic heterocycles. The monoisotopic (exact) mass is 311 g/mol. The van der Waals surface area contributed by atoms with E-state index in [0.29, 0.717) is 17.9 Å². The summed E-state index contributed by atoms with van der Waals surface area (Å²) in [5.41, 5.74) is 1.74. The first-order valence-electron chi connectivity index (χ1n) is 7.09. The molecule has 1 N–H and O–H groups in total. The molecule has 3 aromatic rings. The Morgan fingerprint density at radius 3 is 2.48 bits per heavy atom. The molecule has 5 nitrogen and oxygen atoms in total. The first-order chi connectivity index (χ1) is 11.2. The second-order valence-electron chi connectivity index (χ2n) is 5.01. The molecule has 0 bridgehead atoms. The van der Waals surface area contributed by atoms with E-state index in [1.54, 1.807) is 12.1 Å². The highest BCUT2D eigenvalue weighted by atomic mass is 19.1. The first-order valence-corrected chi connectivity index (χ1v) is 7.09. The number of carbonyl (C=O) groups excluding carboxylic acids is 1. The zero-order valence-electron chi connectivity index (χ0n) is 12.2. The molecule has 0 unspecified atom stereocenters. The third-order valence-electron chi connectivity index (χ3n) is 3.19. The Labute approximate surface area is 132 Å². The average Bonchev–Trinajstić information content (AvgIpc) is 2.97. The van der Waals surface area contributed by atoms with Gasteiger partial charge in [-0.3, -0.25) is 10.1 Å². The van der Waals surface area contributed by atoms with Gasteiger partial charge in [0.25, 0.3) is 0 Å². The van der Waals surface area contributed by atoms with Gasteiger partial charge in [-0.1, -0.05) is 47.6 Å². The van der Waals surface area contributed by atoms with Crippen LogP contribution in [0.1, 0.15) is 17.0 Å². The third kappa shape index (κ3) is 4.23. The Hall–Kier alpha value is -3.02. The molecule has 0 aliphatic rings. The second kappa shape index (κ2) is 6.83. The molecule has 2 aromatic carbocycles. The number of nitrogens with one attached hydrogen (secondary N) is 1. The van der Waals surface area contributed by atoms with Gasteiger partial charge in [0.2, 0.25) is 11.8 Å². The van der Waals surface area contributed by atoms with Gasteiger partial charge in [0.1, 0.15) is 5.82 Å². The summed E-state index contributed by atoms with van der Waals surface area (Å²) in [4.78, 5) is 11.9. The topological polar surface area (TPSA) is 68.0 Å². The molecule has 0 fully saturated rings. The fraction of sp³-hybridized carbons (Fsp3) is 0.118. The van der Waals surface area contributed by atoms with E-state index in [1.165, 1.54) is 12.1 Å². The second-order valence-corrected chi connectivity index (χ2v) is 5.01. The maximum absolute atomic E-state index is 12.8. The van der Waals surface area contributed by atoms with Gasteiger partial charge in [-0.05, 0) is 23.3 Å². The minimum Gasteiger partial charge on any atom is -0.407 e. The van der Waals surface area contributed by atoms with Gasteiger partial charge in [-0.15, -0.1) is 5.10 Å². The molecule has 1 aromatic heterocycles. The zero-order chi connectivity index (χ0) is 16.1. The van der Waals surface area contributed by atoms with E-state index >= 15 is 0 Å². The molecule has 0 saturated carbocycles. The number of anilines is 1. The number of nitrogens with zero attached hydrogens (tertiary/aromatic N) is 2. The van der Waals surface area contributed by atoms with Crippen LogP contribution >= 0.6 is 0 Å². The summed E-state index contributed by atoms with van der Waals surface area (Å²) in [6.07, 6.45) is 0.609. The van der Waals surface area contributed by atoms with Crippen LogP contribution in [0.2, 0.25) is 0 Å². The molecule has 0 atom stereocenters. The number of hydrogen-bond donors (Lipinski definition) is 1. The Morgan fingerprint density at radius 2 is 1.74 bits per heavy atom. The van der Waals surface area contributed by atoms with E-state index < -0.39 is 0 Å². The highest BCUT2D eigenvalue weighted by Gasteiger charge is 2.11. The van der Waals surface area contributed by atoms with Crippen LogP contribution in [-0.4, -0.2) is 16.1 Å². The summed E-state index contributed by atoms with van der Waals surface area (Å²) >= 11 is 0. The van der Waals surface area contributed by atoms with Crippen LogP contribution in [0.4, 0.5) is 10.4 Å². The van der Waals surface area contributed by atoms with Crippen LogP contribution in [0.15, 0.2) is 59.0 Å². The lowest BCUT2D eigenvalue weighted by atomic mass is 10.1. The molecule has 0 spiro atoms. The van der Waals surface area contributed by atoms with E-state index in [2.05, 4.69) is 15.5 Å². The molecule has 0 radical (unpaired) electrons. The SMILES string of the molecule is O=C(Cc1ccc(F)cc1)Nc1nnc(Cc2ccccc2)o1. The van der Waals surface area contributed by atoms with Crippen molar-refractivity contribution in [3.05, 3.63) is 77.4 Å². The predicted octanol–water partition coefficient (Wildman–Crippen LogP) is 2.98. The lowest BCUT2D eigenvalue weighted by Gasteiger charge is -2.01. The van der Waals surface area contributed by atoms with Gasteiger partial charge in [0.05, 0.1) is 12.8 Å². The summed E-state index contributed by atoms with van der Waals surface area (Å²) in [5, 5.41) is 10.2. The van der Waals surface area contributed by atoms with E-state index in [1.807, 2.05) is 30.3 Å². The molecule has 6 heteroatoms. The van der Waals surface area contributed by atoms with Crippen LogP contribution in [0.25, 0.3) is 0 Å². The standard InChI is InChI=1S/C17H14FN3O2/c18-14-8-6-13(7-9-14)10-15(22)19-17-21-20-16(23-17)11-12-4-2-1-3-5-12/h1-9H,10-11H2,(H,19,21,22). The quantitative estimate of drug-likeness (QED) is 0.786. The number of hydrogen-bond acceptors (Lipinski definition) is 4. The molecular formula is C17H14FN3O2. The molecule has 23 heavy (non-hydrogen) atoms. The van der Waals surface area contributed by atoms with Gasteiger partial charge in [0, 0.05) is 0 Å². The lowest BCUT2D eigenvalue weighted by Crippen LogP contribution is -2.14. The Balaban J connectivity index is 1.58. The van der Waals surface area contributed by atoms with E-state index in [0.717, 1.165) is 5.56 Å². The third-order valence-corrected chi connectivity index (χ3v) is 3.19. The predicted molar refractivity (Wildman–Crippen MR) is 82.3 cm³/mol. The molecular weight excluding hydrogens is 297 g/mol. The van der Waals surface area contributed by atoms with Gasteiger partial charge >= 0.3 is 6.01 Å². The number of benzene rings is 2. The molecule has 116 valence electrons. The van der Waals surface area contributed by atoms with Gasteiger partial charge in [-0.2, -0.15) is 0 Å². The first kappa shape index (κ1) is 14.9. The van der Waals surface area contributed by atoms with Gasteiger partial charge in [0.15, 0.2) is 0 Å². The van der Waals surface area contributed by atoms with Gasteiger partial charge in [-0.25, -0.2) is 4.39 Å². The van der Waals surface area contributed by atoms with Crippen molar-refractivity contribution in [1.29, 1.82) is 0 Å². The largest absolute Gasteiger partial charge is 0.407 e. The highest BCUT2D eigenvalue weighted by Crippen LogP contribution is 2.12. The van der Waals surface area contributed by atoms with Gasteiger partial charge < -0.3 is 4.42 Å². The minimum absolute atomic E-state index is 0.0584. The van der Waals surface area contributed by atoms with Crippen LogP contribution in [0, 0.1) is 5.82 Å². The lowest BCUT2D eigenvalue weighted by molar-refractivity contribution is -0.115. The number of amides is 1. The van der Waals surface area contributed by atoms with Crippen molar-refractivity contribution in [2.75, 3.05) is 5.32 Å². The maximum Gasteiger partial charge on any atom is 0.322 e. The maximum atomic E-state index is 12.8. The van der Waals surface area contributed by atoms with Crippen LogP contribution in [-0.2, 0) is 17.6 Å². The van der Waals surface area contributed by atoms with Crippen molar-refractivity contribution in [2.45, 2.75) is 12.8 Å². The number of aromatic nitrogens is 2. The minimum atomic E-state index is -0.336. The molecule has 3 rings (SSSR count). The van der Waals surface area contributed by atoms with Crippen molar-refractivity contribution in [3.63, 3.8) is 0 Å². The molecule has 0 aliphatic carbocycles. The summed E-state index contributed by atoms with van der Waals surface area (Å²) in [6.45, 7) is 0. The molecule has 1 amide bonds. The fourth-order valence-corrected chi connectivity index (χ4v) is 2.10. The van der Waals surface area contributed by atoms with Crippen molar-refractivity contribution < 1.29 is 13.6 Å². The summed E-state index contributed by atoms with van der Waals surface area (Å²) in [7, 11) is 0. The Bertz CT molecular complexity index is 785. The van der Waals surface area contributed by atoms with E-state index in [-0.39, 0.29) is 24.2 Å². The molecule has 1 heterocycles. The van der Waals surface area contributed by atoms with Crippen LogP contribution < -0.4 is 5.32 Å². The summed E-state index contributed by atoms with van der Waals surface area (Å²) in [5.74, 6) is -0.212. The average molecular weight is 311 g/mol. The number of halogens is 1. The summed E-state index contributed by atoms with van der Waals surface area (Å²) in [6, 6.07) is 15.5. The van der Waals surface area contributed by atoms with Crippen LogP contribution in [0.3, 0.4) is 0 Å². The van der Waals surface area contributed by atoms with Crippen molar-refractivity contribution in [3.8, 4) is 0 Å². The smallest absolute Gasteiger partial charge is 0.322 e. The highest BCUT2D eigenvalue weighted by molar-refractivity contribution is 5.90.